The van der Waals surface area contributed by atoms with Crippen LogP contribution in [0, 0.1) is 0 Å². The molecule has 0 amide bonds. The van der Waals surface area contributed by atoms with Gasteiger partial charge in [-0.05, 0) is 48.8 Å². The number of aromatic nitrogens is 6. The molecule has 4 rings (SSSR count). The quantitative estimate of drug-likeness (QED) is 0.522. The van der Waals surface area contributed by atoms with E-state index in [2.05, 4.69) is 56.6 Å². The van der Waals surface area contributed by atoms with Gasteiger partial charge in [-0.15, -0.1) is 0 Å². The molecule has 4 aromatic rings. The molecule has 0 spiro atoms. The molecule has 122 valence electrons. The van der Waals surface area contributed by atoms with Crippen molar-refractivity contribution in [2.24, 2.45) is 0 Å². The standard InChI is InChI=1S/C16H16BrN7/c1-16(2,3)24-15-9(13(18)20-7-21-15)11(23-24)12-10(17)8-5-4-6-19-14(8)22-12/h4-7H,1-3H3,(H,19,22)(H2,18,20,21). The van der Waals surface area contributed by atoms with Crippen molar-refractivity contribution in [3.8, 4) is 11.4 Å². The first-order chi connectivity index (χ1) is 11.4. The van der Waals surface area contributed by atoms with Crippen LogP contribution in [-0.2, 0) is 5.54 Å². The van der Waals surface area contributed by atoms with Crippen LogP contribution in [0.2, 0.25) is 0 Å². The van der Waals surface area contributed by atoms with Crippen LogP contribution in [0.1, 0.15) is 20.8 Å². The van der Waals surface area contributed by atoms with E-state index >= 15 is 0 Å². The lowest BCUT2D eigenvalue weighted by molar-refractivity contribution is 0.366. The minimum absolute atomic E-state index is 0.242. The molecule has 7 nitrogen and oxygen atoms in total. The van der Waals surface area contributed by atoms with E-state index in [1.54, 1.807) is 6.20 Å². The van der Waals surface area contributed by atoms with Crippen LogP contribution in [0.3, 0.4) is 0 Å². The fraction of sp³-hybridized carbons (Fsp3) is 0.250. The molecule has 0 unspecified atom stereocenters. The van der Waals surface area contributed by atoms with Crippen LogP contribution in [0.15, 0.2) is 29.1 Å². The molecule has 0 radical (unpaired) electrons. The minimum Gasteiger partial charge on any atom is -0.383 e. The Hall–Kier alpha value is -2.48. The molecular formula is C16H16BrN7. The van der Waals surface area contributed by atoms with Gasteiger partial charge in [0.1, 0.15) is 23.5 Å². The maximum absolute atomic E-state index is 6.15. The van der Waals surface area contributed by atoms with Gasteiger partial charge in [-0.25, -0.2) is 19.6 Å². The zero-order valence-corrected chi connectivity index (χ0v) is 15.1. The number of nitrogens with zero attached hydrogens (tertiary/aromatic N) is 5. The van der Waals surface area contributed by atoms with Crippen molar-refractivity contribution in [2.75, 3.05) is 5.73 Å². The summed E-state index contributed by atoms with van der Waals surface area (Å²) in [6.07, 6.45) is 3.21. The topological polar surface area (TPSA) is 98.3 Å². The molecule has 0 aliphatic heterocycles. The Labute approximate surface area is 146 Å². The Kier molecular flexibility index (Phi) is 3.14. The lowest BCUT2D eigenvalue weighted by Gasteiger charge is -2.19. The number of hydrogen-bond acceptors (Lipinski definition) is 5. The first kappa shape index (κ1) is 15.1. The number of H-pyrrole nitrogens is 1. The molecule has 0 saturated carbocycles. The summed E-state index contributed by atoms with van der Waals surface area (Å²) in [5.74, 6) is 0.406. The summed E-state index contributed by atoms with van der Waals surface area (Å²) >= 11 is 3.66. The smallest absolute Gasteiger partial charge is 0.164 e. The van der Waals surface area contributed by atoms with E-state index in [9.17, 15) is 0 Å². The number of nitrogens with one attached hydrogen (secondary N) is 1. The summed E-state index contributed by atoms with van der Waals surface area (Å²) < 4.78 is 2.77. The first-order valence-corrected chi connectivity index (χ1v) is 8.29. The van der Waals surface area contributed by atoms with E-state index in [1.807, 2.05) is 16.8 Å². The van der Waals surface area contributed by atoms with Gasteiger partial charge in [0.05, 0.1) is 21.1 Å². The SMILES string of the molecule is CC(C)(C)n1nc(-c2[nH]c3ncccc3c2Br)c2c(N)ncnc21. The van der Waals surface area contributed by atoms with Crippen LogP contribution in [0.25, 0.3) is 33.5 Å². The summed E-state index contributed by atoms with van der Waals surface area (Å²) in [7, 11) is 0. The number of anilines is 1. The van der Waals surface area contributed by atoms with Crippen LogP contribution >= 0.6 is 15.9 Å². The number of pyridine rings is 1. The van der Waals surface area contributed by atoms with Gasteiger partial charge in [0.25, 0.3) is 0 Å². The highest BCUT2D eigenvalue weighted by atomic mass is 79.9. The summed E-state index contributed by atoms with van der Waals surface area (Å²) in [4.78, 5) is 16.2. The van der Waals surface area contributed by atoms with Crippen molar-refractivity contribution >= 4 is 43.8 Å². The van der Waals surface area contributed by atoms with Gasteiger partial charge in [-0.1, -0.05) is 0 Å². The number of nitrogens with two attached hydrogens (primary N) is 1. The van der Waals surface area contributed by atoms with Crippen LogP contribution in [-0.4, -0.2) is 29.7 Å². The summed E-state index contributed by atoms with van der Waals surface area (Å²) in [6, 6.07) is 3.89. The van der Waals surface area contributed by atoms with Crippen LogP contribution < -0.4 is 5.73 Å². The lowest BCUT2D eigenvalue weighted by Crippen LogP contribution is -2.23. The van der Waals surface area contributed by atoms with Crippen molar-refractivity contribution < 1.29 is 0 Å². The zero-order valence-electron chi connectivity index (χ0n) is 13.5. The Morgan fingerprint density at radius 3 is 2.71 bits per heavy atom. The van der Waals surface area contributed by atoms with Crippen molar-refractivity contribution in [3.63, 3.8) is 0 Å². The number of halogens is 1. The first-order valence-electron chi connectivity index (χ1n) is 7.50. The van der Waals surface area contributed by atoms with E-state index in [4.69, 9.17) is 10.8 Å². The third-order valence-corrected chi connectivity index (χ3v) is 4.70. The van der Waals surface area contributed by atoms with E-state index in [0.29, 0.717) is 17.2 Å². The van der Waals surface area contributed by atoms with Crippen molar-refractivity contribution in [2.45, 2.75) is 26.3 Å². The van der Waals surface area contributed by atoms with Gasteiger partial charge < -0.3 is 10.7 Å². The molecule has 8 heteroatoms. The highest BCUT2D eigenvalue weighted by Gasteiger charge is 2.26. The summed E-state index contributed by atoms with van der Waals surface area (Å²) in [5, 5.41) is 6.52. The molecule has 3 N–H and O–H groups in total. The molecule has 0 aliphatic carbocycles. The maximum Gasteiger partial charge on any atom is 0.164 e. The molecule has 0 saturated heterocycles. The van der Waals surface area contributed by atoms with Crippen molar-refractivity contribution in [3.05, 3.63) is 29.1 Å². The molecule has 0 aliphatic rings. The highest BCUT2D eigenvalue weighted by Crippen LogP contribution is 2.38. The Morgan fingerprint density at radius 1 is 1.21 bits per heavy atom. The molecule has 24 heavy (non-hydrogen) atoms. The van der Waals surface area contributed by atoms with Crippen molar-refractivity contribution in [1.29, 1.82) is 0 Å². The predicted octanol–water partition coefficient (Wildman–Crippen LogP) is 3.47. The molecule has 0 atom stereocenters. The number of hydrogen-bond donors (Lipinski definition) is 2. The van der Waals surface area contributed by atoms with E-state index < -0.39 is 0 Å². The van der Waals surface area contributed by atoms with E-state index in [-0.39, 0.29) is 5.54 Å². The number of nitrogen functional groups attached to an aromatic ring is 1. The van der Waals surface area contributed by atoms with Crippen molar-refractivity contribution in [1.82, 2.24) is 29.7 Å². The molecule has 4 aromatic heterocycles. The molecular weight excluding hydrogens is 370 g/mol. The van der Waals surface area contributed by atoms with Gasteiger partial charge in [0.15, 0.2) is 5.65 Å². The molecule has 0 aromatic carbocycles. The second-order valence-electron chi connectivity index (χ2n) is 6.60. The minimum atomic E-state index is -0.242. The fourth-order valence-corrected chi connectivity index (χ4v) is 3.38. The summed E-state index contributed by atoms with van der Waals surface area (Å²) in [6.45, 7) is 6.22. The second kappa shape index (κ2) is 5.01. The normalized spacial score (nSPS) is 12.3. The number of aromatic amines is 1. The van der Waals surface area contributed by atoms with Crippen LogP contribution in [0.5, 0.6) is 0 Å². The Bertz CT molecular complexity index is 1070. The number of rotatable bonds is 1. The Balaban J connectivity index is 2.11. The molecule has 0 fully saturated rings. The van der Waals surface area contributed by atoms with Gasteiger partial charge in [-0.3, -0.25) is 0 Å². The number of fused-ring (bicyclic) bond motifs is 2. The van der Waals surface area contributed by atoms with Crippen LogP contribution in [0.4, 0.5) is 5.82 Å². The second-order valence-corrected chi connectivity index (χ2v) is 7.40. The highest BCUT2D eigenvalue weighted by molar-refractivity contribution is 9.10. The van der Waals surface area contributed by atoms with Gasteiger partial charge in [0, 0.05) is 11.6 Å². The lowest BCUT2D eigenvalue weighted by atomic mass is 10.1. The van der Waals surface area contributed by atoms with Gasteiger partial charge in [0.2, 0.25) is 0 Å². The van der Waals surface area contributed by atoms with Gasteiger partial charge >= 0.3 is 0 Å². The average molecular weight is 386 g/mol. The van der Waals surface area contributed by atoms with E-state index in [0.717, 1.165) is 26.6 Å². The Morgan fingerprint density at radius 2 is 2.00 bits per heavy atom. The fourth-order valence-electron chi connectivity index (χ4n) is 2.77. The van der Waals surface area contributed by atoms with E-state index in [1.165, 1.54) is 6.33 Å². The third-order valence-electron chi connectivity index (χ3n) is 3.87. The maximum atomic E-state index is 6.15. The molecule has 4 heterocycles. The third kappa shape index (κ3) is 2.10. The van der Waals surface area contributed by atoms with Gasteiger partial charge in [-0.2, -0.15) is 5.10 Å². The average Bonchev–Trinajstić information content (AvgIpc) is 3.07. The zero-order chi connectivity index (χ0) is 17.1. The monoisotopic (exact) mass is 385 g/mol. The molecule has 0 bridgehead atoms. The predicted molar refractivity (Wildman–Crippen MR) is 97.5 cm³/mol. The summed E-state index contributed by atoms with van der Waals surface area (Å²) in [5.41, 5.74) is 8.93. The largest absolute Gasteiger partial charge is 0.383 e.